The Hall–Kier alpha value is -3.10. The van der Waals surface area contributed by atoms with E-state index in [0.717, 1.165) is 21.9 Å². The monoisotopic (exact) mass is 430 g/mol. The van der Waals surface area contributed by atoms with Crippen molar-refractivity contribution < 1.29 is 24.3 Å². The second-order valence-electron chi connectivity index (χ2n) is 6.04. The number of rotatable bonds is 6. The van der Waals surface area contributed by atoms with Gasteiger partial charge < -0.3 is 10.4 Å². The highest BCUT2D eigenvalue weighted by molar-refractivity contribution is 8.00. The second kappa shape index (κ2) is 8.93. The Morgan fingerprint density at radius 2 is 1.86 bits per heavy atom. The molecule has 1 saturated heterocycles. The summed E-state index contributed by atoms with van der Waals surface area (Å²) in [5.41, 5.74) is 0.923. The highest BCUT2D eigenvalue weighted by Gasteiger charge is 2.40. The summed E-state index contributed by atoms with van der Waals surface area (Å²) in [6.07, 6.45) is 1.74. The van der Waals surface area contributed by atoms with E-state index in [-0.39, 0.29) is 18.2 Å². The van der Waals surface area contributed by atoms with Gasteiger partial charge in [-0.2, -0.15) is 0 Å². The van der Waals surface area contributed by atoms with Crippen molar-refractivity contribution in [2.75, 3.05) is 10.2 Å². The predicted octanol–water partition coefficient (Wildman–Crippen LogP) is 3.34. The van der Waals surface area contributed by atoms with Crippen LogP contribution in [0.2, 0.25) is 5.02 Å². The van der Waals surface area contributed by atoms with Gasteiger partial charge in [0.2, 0.25) is 17.7 Å². The standard InChI is InChI=1S/C20H15ClN2O5S/c21-12-2-1-3-14(10-12)23-18(25)11-16(20(23)28)29-15-6-4-13(5-7-15)22-17(24)8-9-19(26)27/h1-10,16H,11H2,(H,22,24)(H,26,27)/b9-8+. The molecule has 7 nitrogen and oxygen atoms in total. The second-order valence-corrected chi connectivity index (χ2v) is 7.76. The van der Waals surface area contributed by atoms with E-state index < -0.39 is 17.1 Å². The van der Waals surface area contributed by atoms with Crippen LogP contribution in [0.1, 0.15) is 6.42 Å². The van der Waals surface area contributed by atoms with E-state index in [1.165, 1.54) is 11.8 Å². The van der Waals surface area contributed by atoms with E-state index in [9.17, 15) is 19.2 Å². The number of benzene rings is 2. The number of hydrogen-bond donors (Lipinski definition) is 2. The Bertz CT molecular complexity index is 1010. The van der Waals surface area contributed by atoms with Gasteiger partial charge in [-0.25, -0.2) is 9.69 Å². The lowest BCUT2D eigenvalue weighted by atomic mass is 10.3. The Balaban J connectivity index is 1.64. The molecule has 1 aliphatic heterocycles. The fraction of sp³-hybridized carbons (Fsp3) is 0.100. The van der Waals surface area contributed by atoms with E-state index in [4.69, 9.17) is 16.7 Å². The zero-order chi connectivity index (χ0) is 21.0. The molecule has 0 saturated carbocycles. The third kappa shape index (κ3) is 5.24. The van der Waals surface area contributed by atoms with Crippen molar-refractivity contribution in [3.8, 4) is 0 Å². The minimum Gasteiger partial charge on any atom is -0.478 e. The van der Waals surface area contributed by atoms with Crippen LogP contribution >= 0.6 is 23.4 Å². The summed E-state index contributed by atoms with van der Waals surface area (Å²) in [7, 11) is 0. The minimum atomic E-state index is -1.21. The van der Waals surface area contributed by atoms with Gasteiger partial charge in [0.25, 0.3) is 0 Å². The molecule has 2 N–H and O–H groups in total. The predicted molar refractivity (Wildman–Crippen MR) is 110 cm³/mol. The molecule has 1 heterocycles. The molecule has 148 valence electrons. The summed E-state index contributed by atoms with van der Waals surface area (Å²) in [4.78, 5) is 48.9. The van der Waals surface area contributed by atoms with Crippen molar-refractivity contribution in [1.29, 1.82) is 0 Å². The molecule has 1 unspecified atom stereocenters. The molecule has 3 amide bonds. The molecule has 1 aliphatic rings. The highest BCUT2D eigenvalue weighted by Crippen LogP contribution is 2.34. The van der Waals surface area contributed by atoms with Crippen molar-refractivity contribution in [3.05, 3.63) is 65.7 Å². The number of thioether (sulfide) groups is 1. The topological polar surface area (TPSA) is 104 Å². The maximum atomic E-state index is 12.7. The first-order valence-corrected chi connectivity index (χ1v) is 9.70. The van der Waals surface area contributed by atoms with Crippen molar-refractivity contribution in [1.82, 2.24) is 0 Å². The third-order valence-corrected chi connectivity index (χ3v) is 5.38. The average molecular weight is 431 g/mol. The van der Waals surface area contributed by atoms with Gasteiger partial charge in [0.15, 0.2) is 0 Å². The zero-order valence-corrected chi connectivity index (χ0v) is 16.4. The van der Waals surface area contributed by atoms with E-state index in [1.54, 1.807) is 48.5 Å². The van der Waals surface area contributed by atoms with Crippen LogP contribution in [0.5, 0.6) is 0 Å². The summed E-state index contributed by atoms with van der Waals surface area (Å²) >= 11 is 7.21. The van der Waals surface area contributed by atoms with Crippen LogP contribution < -0.4 is 10.2 Å². The van der Waals surface area contributed by atoms with Crippen LogP contribution in [0.25, 0.3) is 0 Å². The van der Waals surface area contributed by atoms with Gasteiger partial charge in [0.05, 0.1) is 10.9 Å². The lowest BCUT2D eigenvalue weighted by Gasteiger charge is -2.15. The minimum absolute atomic E-state index is 0.0779. The van der Waals surface area contributed by atoms with Crippen molar-refractivity contribution in [2.45, 2.75) is 16.6 Å². The normalized spacial score (nSPS) is 16.4. The Kier molecular flexibility index (Phi) is 6.36. The van der Waals surface area contributed by atoms with Gasteiger partial charge in [0.1, 0.15) is 0 Å². The number of carbonyl (C=O) groups excluding carboxylic acids is 3. The fourth-order valence-corrected chi connectivity index (χ4v) is 3.93. The van der Waals surface area contributed by atoms with Gasteiger partial charge in [-0.1, -0.05) is 17.7 Å². The average Bonchev–Trinajstić information content (AvgIpc) is 2.95. The van der Waals surface area contributed by atoms with Crippen molar-refractivity contribution >= 4 is 58.4 Å². The molecule has 0 aliphatic carbocycles. The molecule has 3 rings (SSSR count). The van der Waals surface area contributed by atoms with Gasteiger partial charge in [0, 0.05) is 34.2 Å². The maximum Gasteiger partial charge on any atom is 0.328 e. The summed E-state index contributed by atoms with van der Waals surface area (Å²) in [6.45, 7) is 0. The maximum absolute atomic E-state index is 12.7. The largest absolute Gasteiger partial charge is 0.478 e. The molecule has 2 aromatic rings. The van der Waals surface area contributed by atoms with E-state index in [0.29, 0.717) is 16.4 Å². The van der Waals surface area contributed by atoms with Gasteiger partial charge >= 0.3 is 5.97 Å². The smallest absolute Gasteiger partial charge is 0.328 e. The lowest BCUT2D eigenvalue weighted by molar-refractivity contribution is -0.131. The first-order valence-electron chi connectivity index (χ1n) is 8.44. The molecular formula is C20H15ClN2O5S. The molecule has 2 aromatic carbocycles. The Labute approximate surface area is 175 Å². The summed E-state index contributed by atoms with van der Waals surface area (Å²) < 4.78 is 0. The number of halogens is 1. The van der Waals surface area contributed by atoms with Crippen molar-refractivity contribution in [2.24, 2.45) is 0 Å². The SMILES string of the molecule is O=C(O)/C=C/C(=O)Nc1ccc(SC2CC(=O)N(c3cccc(Cl)c3)C2=O)cc1. The van der Waals surface area contributed by atoms with Crippen LogP contribution in [0.4, 0.5) is 11.4 Å². The number of aliphatic carboxylic acids is 1. The number of nitrogens with zero attached hydrogens (tertiary/aromatic N) is 1. The molecule has 0 aromatic heterocycles. The van der Waals surface area contributed by atoms with Gasteiger partial charge in [-0.3, -0.25) is 14.4 Å². The van der Waals surface area contributed by atoms with Gasteiger partial charge in [-0.05, 0) is 42.5 Å². The molecule has 29 heavy (non-hydrogen) atoms. The Morgan fingerprint density at radius 1 is 1.14 bits per heavy atom. The Morgan fingerprint density at radius 3 is 2.52 bits per heavy atom. The summed E-state index contributed by atoms with van der Waals surface area (Å²) in [5.74, 6) is -2.38. The zero-order valence-electron chi connectivity index (χ0n) is 14.9. The summed E-state index contributed by atoms with van der Waals surface area (Å²) in [6, 6.07) is 13.3. The summed E-state index contributed by atoms with van der Waals surface area (Å²) in [5, 5.41) is 10.9. The number of imide groups is 1. The molecule has 1 fully saturated rings. The lowest BCUT2D eigenvalue weighted by Crippen LogP contribution is -2.31. The van der Waals surface area contributed by atoms with Crippen LogP contribution in [0.3, 0.4) is 0 Å². The van der Waals surface area contributed by atoms with E-state index >= 15 is 0 Å². The van der Waals surface area contributed by atoms with E-state index in [2.05, 4.69) is 5.32 Å². The molecule has 1 atom stereocenters. The van der Waals surface area contributed by atoms with Crippen LogP contribution in [-0.4, -0.2) is 34.0 Å². The number of carbonyl (C=O) groups is 4. The third-order valence-electron chi connectivity index (χ3n) is 3.95. The van der Waals surface area contributed by atoms with Crippen LogP contribution in [-0.2, 0) is 19.2 Å². The number of anilines is 2. The molecule has 0 spiro atoms. The number of nitrogens with one attached hydrogen (secondary N) is 1. The number of amides is 3. The molecule has 0 bridgehead atoms. The number of carboxylic acids is 1. The fourth-order valence-electron chi connectivity index (χ4n) is 2.69. The van der Waals surface area contributed by atoms with E-state index in [1.807, 2.05) is 0 Å². The first-order chi connectivity index (χ1) is 13.8. The number of hydrogen-bond acceptors (Lipinski definition) is 5. The molecular weight excluding hydrogens is 416 g/mol. The highest BCUT2D eigenvalue weighted by atomic mass is 35.5. The first kappa shape index (κ1) is 20.6. The molecule has 9 heteroatoms. The van der Waals surface area contributed by atoms with Crippen LogP contribution in [0, 0.1) is 0 Å². The quantitative estimate of drug-likeness (QED) is 0.538. The molecule has 0 radical (unpaired) electrons. The van der Waals surface area contributed by atoms with Crippen LogP contribution in [0.15, 0.2) is 65.6 Å². The number of carboxylic acid groups (broad SMARTS) is 1. The van der Waals surface area contributed by atoms with Gasteiger partial charge in [-0.15, -0.1) is 11.8 Å². The van der Waals surface area contributed by atoms with Crippen molar-refractivity contribution in [3.63, 3.8) is 0 Å².